The van der Waals surface area contributed by atoms with Gasteiger partial charge >= 0.3 is 0 Å². The molecule has 0 aliphatic carbocycles. The fourth-order valence-corrected chi connectivity index (χ4v) is 2.54. The number of nitrogens with zero attached hydrogens (tertiary/aromatic N) is 1. The third-order valence-corrected chi connectivity index (χ3v) is 4.51. The molecule has 0 saturated carbocycles. The number of hydrogen-bond acceptors (Lipinski definition) is 3. The summed E-state index contributed by atoms with van der Waals surface area (Å²) in [5.74, 6) is 1.27. The molecule has 0 fully saturated rings. The van der Waals surface area contributed by atoms with Crippen LogP contribution in [-0.2, 0) is 0 Å². The number of nitrogens with two attached hydrogens (primary N) is 2. The Balaban J connectivity index is 2.07. The second-order valence-electron chi connectivity index (χ2n) is 6.59. The van der Waals surface area contributed by atoms with Crippen molar-refractivity contribution in [2.45, 2.75) is 45.3 Å². The summed E-state index contributed by atoms with van der Waals surface area (Å²) in [6.07, 6.45) is 4.66. The molecule has 1 aliphatic rings. The molecule has 0 radical (unpaired) electrons. The molecule has 5 heteroatoms. The molecule has 23 heavy (non-hydrogen) atoms. The summed E-state index contributed by atoms with van der Waals surface area (Å²) in [4.78, 5) is 4.72. The van der Waals surface area contributed by atoms with Gasteiger partial charge in [0.05, 0.1) is 6.04 Å². The summed E-state index contributed by atoms with van der Waals surface area (Å²) in [5, 5.41) is 3.20. The molecule has 0 amide bonds. The van der Waals surface area contributed by atoms with Crippen LogP contribution in [0.15, 0.2) is 41.5 Å². The summed E-state index contributed by atoms with van der Waals surface area (Å²) in [6.45, 7) is 6.42. The number of amidine groups is 1. The van der Waals surface area contributed by atoms with Crippen LogP contribution in [0.4, 0.5) is 4.39 Å². The van der Waals surface area contributed by atoms with Crippen molar-refractivity contribution in [3.8, 4) is 0 Å². The van der Waals surface area contributed by atoms with Crippen LogP contribution in [0.25, 0.3) is 0 Å². The van der Waals surface area contributed by atoms with Gasteiger partial charge in [0, 0.05) is 24.4 Å². The topological polar surface area (TPSA) is 76.4 Å². The Morgan fingerprint density at radius 2 is 1.83 bits per heavy atom. The second-order valence-corrected chi connectivity index (χ2v) is 6.59. The third kappa shape index (κ3) is 4.62. The first-order chi connectivity index (χ1) is 10.9. The zero-order valence-corrected chi connectivity index (χ0v) is 14.0. The number of nitrogens with one attached hydrogen (secondary N) is 1. The molecule has 4 nitrogen and oxygen atoms in total. The van der Waals surface area contributed by atoms with Crippen LogP contribution in [0, 0.1) is 17.7 Å². The predicted octanol–water partition coefficient (Wildman–Crippen LogP) is 2.72. The molecule has 4 atom stereocenters. The minimum atomic E-state index is -0.341. The highest BCUT2D eigenvalue weighted by Crippen LogP contribution is 2.24. The van der Waals surface area contributed by atoms with Crippen LogP contribution in [0.1, 0.15) is 38.8 Å². The highest BCUT2D eigenvalue weighted by molar-refractivity contribution is 5.84. The lowest BCUT2D eigenvalue weighted by Crippen LogP contribution is -2.43. The molecule has 0 spiro atoms. The molecular formula is C18H27FN4. The zero-order valence-electron chi connectivity index (χ0n) is 14.0. The van der Waals surface area contributed by atoms with Crippen LogP contribution in [0.3, 0.4) is 0 Å². The van der Waals surface area contributed by atoms with E-state index in [0.29, 0.717) is 5.92 Å². The molecule has 1 aliphatic heterocycles. The van der Waals surface area contributed by atoms with Gasteiger partial charge in [-0.05, 0) is 36.7 Å². The van der Waals surface area contributed by atoms with Crippen molar-refractivity contribution in [3.63, 3.8) is 0 Å². The first-order valence-electron chi connectivity index (χ1n) is 8.15. The molecule has 4 unspecified atom stereocenters. The van der Waals surface area contributed by atoms with Gasteiger partial charge in [-0.1, -0.05) is 32.1 Å². The SMILES string of the molecule is CC(C)C(C)N=C1CC(C(N)C(N)c2ccc(F)cc2)C=CN1. The van der Waals surface area contributed by atoms with Crippen molar-refractivity contribution in [1.29, 1.82) is 0 Å². The van der Waals surface area contributed by atoms with E-state index in [1.54, 1.807) is 12.1 Å². The van der Waals surface area contributed by atoms with Gasteiger partial charge < -0.3 is 16.8 Å². The van der Waals surface area contributed by atoms with E-state index in [2.05, 4.69) is 26.1 Å². The smallest absolute Gasteiger partial charge is 0.123 e. The molecule has 1 heterocycles. The van der Waals surface area contributed by atoms with Crippen molar-refractivity contribution >= 4 is 5.84 Å². The van der Waals surface area contributed by atoms with E-state index < -0.39 is 0 Å². The number of benzene rings is 1. The van der Waals surface area contributed by atoms with Gasteiger partial charge in [0.25, 0.3) is 0 Å². The van der Waals surface area contributed by atoms with Crippen LogP contribution in [-0.4, -0.2) is 17.9 Å². The molecular weight excluding hydrogens is 291 g/mol. The van der Waals surface area contributed by atoms with Crippen molar-refractivity contribution in [3.05, 3.63) is 47.9 Å². The van der Waals surface area contributed by atoms with E-state index in [-0.39, 0.29) is 29.9 Å². The van der Waals surface area contributed by atoms with Gasteiger partial charge in [-0.25, -0.2) is 4.39 Å². The summed E-state index contributed by atoms with van der Waals surface area (Å²) < 4.78 is 13.0. The first kappa shape index (κ1) is 17.6. The third-order valence-electron chi connectivity index (χ3n) is 4.51. The molecule has 1 aromatic carbocycles. The predicted molar refractivity (Wildman–Crippen MR) is 93.4 cm³/mol. The first-order valence-corrected chi connectivity index (χ1v) is 8.15. The van der Waals surface area contributed by atoms with E-state index in [0.717, 1.165) is 17.8 Å². The van der Waals surface area contributed by atoms with Crippen molar-refractivity contribution in [2.24, 2.45) is 28.3 Å². The standard InChI is InChI=1S/C18H27FN4/c1-11(2)12(3)23-16-10-14(8-9-22-16)18(21)17(20)13-4-6-15(19)7-5-13/h4-9,11-12,14,17-18H,10,20-21H2,1-3H3,(H,22,23). The largest absolute Gasteiger partial charge is 0.351 e. The van der Waals surface area contributed by atoms with Crippen molar-refractivity contribution < 1.29 is 4.39 Å². The summed E-state index contributed by atoms with van der Waals surface area (Å²) in [7, 11) is 0. The van der Waals surface area contributed by atoms with Gasteiger partial charge in [-0.3, -0.25) is 4.99 Å². The maximum atomic E-state index is 13.0. The zero-order chi connectivity index (χ0) is 17.0. The van der Waals surface area contributed by atoms with Crippen LogP contribution in [0.2, 0.25) is 0 Å². The quantitative estimate of drug-likeness (QED) is 0.781. The number of rotatable bonds is 5. The molecule has 2 rings (SSSR count). The van der Waals surface area contributed by atoms with Gasteiger partial charge in [-0.15, -0.1) is 0 Å². The minimum Gasteiger partial charge on any atom is -0.351 e. The highest BCUT2D eigenvalue weighted by atomic mass is 19.1. The van der Waals surface area contributed by atoms with E-state index >= 15 is 0 Å². The maximum Gasteiger partial charge on any atom is 0.123 e. The second kappa shape index (κ2) is 7.70. The Kier molecular flexibility index (Phi) is 5.91. The Morgan fingerprint density at radius 1 is 1.17 bits per heavy atom. The highest BCUT2D eigenvalue weighted by Gasteiger charge is 2.26. The molecule has 0 aromatic heterocycles. The van der Waals surface area contributed by atoms with Crippen molar-refractivity contribution in [1.82, 2.24) is 5.32 Å². The summed E-state index contributed by atoms with van der Waals surface area (Å²) >= 11 is 0. The average Bonchev–Trinajstić information content (AvgIpc) is 2.54. The normalized spacial score (nSPS) is 23.6. The summed E-state index contributed by atoms with van der Waals surface area (Å²) in [5.41, 5.74) is 13.5. The van der Waals surface area contributed by atoms with Crippen LogP contribution >= 0.6 is 0 Å². The van der Waals surface area contributed by atoms with Gasteiger partial charge in [0.1, 0.15) is 11.7 Å². The lowest BCUT2D eigenvalue weighted by atomic mass is 9.86. The molecule has 126 valence electrons. The van der Waals surface area contributed by atoms with Gasteiger partial charge in [0.15, 0.2) is 0 Å². The fourth-order valence-electron chi connectivity index (χ4n) is 2.54. The van der Waals surface area contributed by atoms with Gasteiger partial charge in [0.2, 0.25) is 0 Å². The number of aliphatic imine (C=N–C) groups is 1. The monoisotopic (exact) mass is 318 g/mol. The van der Waals surface area contributed by atoms with Crippen molar-refractivity contribution in [2.75, 3.05) is 0 Å². The maximum absolute atomic E-state index is 13.0. The summed E-state index contributed by atoms with van der Waals surface area (Å²) in [6, 6.07) is 5.88. The lowest BCUT2D eigenvalue weighted by molar-refractivity contribution is 0.431. The Bertz CT molecular complexity index is 565. The Hall–Kier alpha value is -1.72. The van der Waals surface area contributed by atoms with Gasteiger partial charge in [-0.2, -0.15) is 0 Å². The Labute approximate surface area is 137 Å². The number of halogens is 1. The molecule has 0 saturated heterocycles. The molecule has 5 N–H and O–H groups in total. The number of hydrogen-bond donors (Lipinski definition) is 3. The minimum absolute atomic E-state index is 0.106. The Morgan fingerprint density at radius 3 is 2.43 bits per heavy atom. The molecule has 0 bridgehead atoms. The average molecular weight is 318 g/mol. The lowest BCUT2D eigenvalue weighted by Gasteiger charge is -2.30. The van der Waals surface area contributed by atoms with Crippen LogP contribution < -0.4 is 16.8 Å². The van der Waals surface area contributed by atoms with Crippen LogP contribution in [0.5, 0.6) is 0 Å². The fraction of sp³-hybridized carbons (Fsp3) is 0.500. The molecule has 1 aromatic rings. The van der Waals surface area contributed by atoms with E-state index in [1.165, 1.54) is 12.1 Å². The van der Waals surface area contributed by atoms with E-state index in [1.807, 2.05) is 12.3 Å². The van der Waals surface area contributed by atoms with E-state index in [4.69, 9.17) is 16.5 Å². The van der Waals surface area contributed by atoms with E-state index in [9.17, 15) is 4.39 Å².